The Morgan fingerprint density at radius 1 is 0.371 bits per heavy atom. The molecule has 0 aliphatic heterocycles. The minimum Gasteiger partial charge on any atom is -0.490 e. The van der Waals surface area contributed by atoms with Crippen molar-refractivity contribution < 1.29 is 112 Å². The topological polar surface area (TPSA) is 220 Å². The van der Waals surface area contributed by atoms with E-state index in [0.717, 1.165) is 97.1 Å². The first kappa shape index (κ1) is 54.7. The van der Waals surface area contributed by atoms with E-state index in [1.54, 1.807) is 0 Å². The Bertz CT molecular complexity index is 2150. The Morgan fingerprint density at radius 3 is 0.714 bits per heavy atom. The van der Waals surface area contributed by atoms with Crippen LogP contribution < -0.4 is 18.9 Å². The number of carbonyl (C=O) groups excluding carboxylic acids is 2. The van der Waals surface area contributed by atoms with Gasteiger partial charge in [-0.05, 0) is 97.1 Å². The standard InChI is InChI=1S/C42H34F12N4O12/c43-39(44,45)35(55-61)23-1-9-27(10-2-23)65-19-31(20-66-28-11-3-24(4-12-28)36(56-62)40(46,47)48)69-33(59)17-18-34(60)70-32(21-67-29-13-5-25(6-14-29)37(57-63)41(49,50)51)22-68-30-15-7-26(8-16-30)38(58-64)42(52,53)54/h1-16,31-32,61-64H,17-22H2. The van der Waals surface area contributed by atoms with E-state index in [1.807, 2.05) is 0 Å². The summed E-state index contributed by atoms with van der Waals surface area (Å²) in [7, 11) is 0. The molecule has 0 fully saturated rings. The first-order chi connectivity index (χ1) is 32.9. The molecule has 0 amide bonds. The maximum absolute atomic E-state index is 13.2. The second-order valence-corrected chi connectivity index (χ2v) is 13.9. The lowest BCUT2D eigenvalue weighted by Gasteiger charge is -2.21. The maximum atomic E-state index is 13.2. The van der Waals surface area contributed by atoms with Crippen molar-refractivity contribution in [2.45, 2.75) is 49.8 Å². The number of alkyl halides is 12. The molecule has 0 aliphatic rings. The quantitative estimate of drug-likeness (QED) is 0.0202. The van der Waals surface area contributed by atoms with Gasteiger partial charge in [-0.2, -0.15) is 52.7 Å². The molecule has 4 N–H and O–H groups in total. The smallest absolute Gasteiger partial charge is 0.437 e. The highest BCUT2D eigenvalue weighted by atomic mass is 19.4. The number of ether oxygens (including phenoxy) is 6. The predicted molar refractivity (Wildman–Crippen MR) is 214 cm³/mol. The van der Waals surface area contributed by atoms with Gasteiger partial charge in [0.05, 0.1) is 12.8 Å². The molecule has 0 saturated carbocycles. The van der Waals surface area contributed by atoms with E-state index < -0.39 is 133 Å². The lowest BCUT2D eigenvalue weighted by Crippen LogP contribution is -2.32. The lowest BCUT2D eigenvalue weighted by molar-refractivity contribution is -0.159. The summed E-state index contributed by atoms with van der Waals surface area (Å²) in [4.78, 5) is 26.1. The minimum atomic E-state index is -5.03. The molecule has 0 radical (unpaired) electrons. The fourth-order valence-corrected chi connectivity index (χ4v) is 5.63. The van der Waals surface area contributed by atoms with Crippen LogP contribution in [0.15, 0.2) is 118 Å². The molecular weight excluding hydrogens is 980 g/mol. The van der Waals surface area contributed by atoms with Gasteiger partial charge in [-0.15, -0.1) is 0 Å². The molecular formula is C42H34F12N4O12. The Hall–Kier alpha value is -7.94. The highest BCUT2D eigenvalue weighted by Gasteiger charge is 2.40. The molecule has 4 rings (SSSR count). The number of halogens is 12. The zero-order chi connectivity index (χ0) is 51.9. The van der Waals surface area contributed by atoms with Crippen molar-refractivity contribution in [2.24, 2.45) is 20.6 Å². The van der Waals surface area contributed by atoms with Gasteiger partial charge < -0.3 is 49.3 Å². The maximum Gasteiger partial charge on any atom is 0.437 e. The Morgan fingerprint density at radius 2 is 0.557 bits per heavy atom. The zero-order valence-electron chi connectivity index (χ0n) is 35.0. The molecule has 0 saturated heterocycles. The van der Waals surface area contributed by atoms with Crippen molar-refractivity contribution in [3.63, 3.8) is 0 Å². The van der Waals surface area contributed by atoms with Crippen LogP contribution in [0.3, 0.4) is 0 Å². The number of carbonyl (C=O) groups is 2. The molecule has 0 bridgehead atoms. The third-order valence-electron chi connectivity index (χ3n) is 8.86. The molecule has 0 spiro atoms. The first-order valence-corrected chi connectivity index (χ1v) is 19.3. The number of nitrogens with zero attached hydrogens (tertiary/aromatic N) is 4. The molecule has 28 heteroatoms. The van der Waals surface area contributed by atoms with Crippen LogP contribution in [0.25, 0.3) is 0 Å². The summed E-state index contributed by atoms with van der Waals surface area (Å²) < 4.78 is 191. The second-order valence-electron chi connectivity index (χ2n) is 13.9. The van der Waals surface area contributed by atoms with E-state index in [-0.39, 0.29) is 23.0 Å². The van der Waals surface area contributed by atoms with E-state index >= 15 is 0 Å². The van der Waals surface area contributed by atoms with Crippen LogP contribution >= 0.6 is 0 Å². The van der Waals surface area contributed by atoms with Gasteiger partial charge in [0.15, 0.2) is 35.1 Å². The van der Waals surface area contributed by atoms with Crippen LogP contribution in [0.1, 0.15) is 35.1 Å². The van der Waals surface area contributed by atoms with Crippen molar-refractivity contribution in [2.75, 3.05) is 26.4 Å². The third kappa shape index (κ3) is 16.4. The van der Waals surface area contributed by atoms with E-state index in [1.165, 1.54) is 0 Å². The van der Waals surface area contributed by atoms with Gasteiger partial charge in [0.1, 0.15) is 49.4 Å². The van der Waals surface area contributed by atoms with Crippen molar-refractivity contribution in [1.82, 2.24) is 0 Å². The summed E-state index contributed by atoms with van der Waals surface area (Å²) in [6.07, 6.45) is -24.4. The predicted octanol–water partition coefficient (Wildman–Crippen LogP) is 8.87. The van der Waals surface area contributed by atoms with Gasteiger partial charge in [-0.25, -0.2) is 0 Å². The normalized spacial score (nSPS) is 14.1. The number of benzene rings is 4. The molecule has 4 aromatic rings. The Balaban J connectivity index is 1.46. The van der Waals surface area contributed by atoms with E-state index in [0.29, 0.717) is 0 Å². The van der Waals surface area contributed by atoms with Crippen molar-refractivity contribution in [1.29, 1.82) is 0 Å². The molecule has 70 heavy (non-hydrogen) atoms. The monoisotopic (exact) mass is 1010 g/mol. The summed E-state index contributed by atoms with van der Waals surface area (Å²) in [5.41, 5.74) is -8.71. The summed E-state index contributed by atoms with van der Waals surface area (Å²) >= 11 is 0. The molecule has 378 valence electrons. The second kappa shape index (κ2) is 23.9. The van der Waals surface area contributed by atoms with Gasteiger partial charge >= 0.3 is 36.6 Å². The average molecular weight is 1010 g/mol. The molecule has 0 aliphatic carbocycles. The minimum absolute atomic E-state index is 0.0994. The SMILES string of the molecule is O=C(CCC(=O)OC(COc1ccc(C(=NO)C(F)(F)F)cc1)COc1ccc(C(=NO)C(F)(F)F)cc1)OC(COc1ccc(C(=NO)C(F)(F)F)cc1)COc1ccc(C(=NO)C(F)(F)F)cc1. The van der Waals surface area contributed by atoms with Crippen LogP contribution in [0.4, 0.5) is 52.7 Å². The van der Waals surface area contributed by atoms with Gasteiger partial charge in [0.25, 0.3) is 0 Å². The van der Waals surface area contributed by atoms with Crippen LogP contribution in [-0.4, -0.2) is 119 Å². The van der Waals surface area contributed by atoms with Gasteiger partial charge in [-0.1, -0.05) is 20.6 Å². The summed E-state index contributed by atoms with van der Waals surface area (Å²) in [6, 6.07) is 15.5. The van der Waals surface area contributed by atoms with Crippen molar-refractivity contribution >= 4 is 34.8 Å². The van der Waals surface area contributed by atoms with Crippen LogP contribution in [0.2, 0.25) is 0 Å². The van der Waals surface area contributed by atoms with Crippen molar-refractivity contribution in [3.05, 3.63) is 119 Å². The Labute approximate surface area is 385 Å². The largest absolute Gasteiger partial charge is 0.490 e. The Kier molecular flexibility index (Phi) is 18.6. The van der Waals surface area contributed by atoms with Gasteiger partial charge in [0, 0.05) is 22.3 Å². The molecule has 0 atom stereocenters. The fourth-order valence-electron chi connectivity index (χ4n) is 5.63. The van der Waals surface area contributed by atoms with E-state index in [2.05, 4.69) is 20.6 Å². The molecule has 16 nitrogen and oxygen atoms in total. The molecule has 0 unspecified atom stereocenters. The zero-order valence-corrected chi connectivity index (χ0v) is 35.0. The highest BCUT2D eigenvalue weighted by Crippen LogP contribution is 2.28. The first-order valence-electron chi connectivity index (χ1n) is 19.3. The molecule has 4 aromatic carbocycles. The fraction of sp³-hybridized carbons (Fsp3) is 0.286. The summed E-state index contributed by atoms with van der Waals surface area (Å²) in [5, 5.41) is 44.3. The third-order valence-corrected chi connectivity index (χ3v) is 8.86. The number of oxime groups is 4. The molecule has 0 heterocycles. The average Bonchev–Trinajstić information content (AvgIpc) is 3.28. The van der Waals surface area contributed by atoms with E-state index in [9.17, 15) is 62.3 Å². The van der Waals surface area contributed by atoms with Crippen LogP contribution in [0.5, 0.6) is 23.0 Å². The lowest BCUT2D eigenvalue weighted by atomic mass is 10.1. The number of esters is 2. The highest BCUT2D eigenvalue weighted by molar-refractivity contribution is 6.06. The van der Waals surface area contributed by atoms with Crippen molar-refractivity contribution in [3.8, 4) is 23.0 Å². The number of hydrogen-bond donors (Lipinski definition) is 4. The summed E-state index contributed by atoms with van der Waals surface area (Å²) in [6.45, 7) is -2.35. The van der Waals surface area contributed by atoms with Crippen LogP contribution in [-0.2, 0) is 19.1 Å². The molecule has 0 aromatic heterocycles. The number of rotatable bonds is 21. The summed E-state index contributed by atoms with van der Waals surface area (Å²) in [5.74, 6) is -2.62. The van der Waals surface area contributed by atoms with Crippen LogP contribution in [0, 0.1) is 0 Å². The van der Waals surface area contributed by atoms with Gasteiger partial charge in [-0.3, -0.25) is 9.59 Å². The van der Waals surface area contributed by atoms with Gasteiger partial charge in [0.2, 0.25) is 0 Å². The van der Waals surface area contributed by atoms with E-state index in [4.69, 9.17) is 49.3 Å². The number of hydrogen-bond acceptors (Lipinski definition) is 16.